The van der Waals surface area contributed by atoms with E-state index in [1.807, 2.05) is 55.7 Å². The molecule has 5 amide bonds. The molecule has 1 saturated heterocycles. The van der Waals surface area contributed by atoms with Crippen molar-refractivity contribution in [1.82, 2.24) is 9.88 Å². The van der Waals surface area contributed by atoms with Gasteiger partial charge in [-0.25, -0.2) is 9.69 Å². The molecule has 11 heteroatoms. The van der Waals surface area contributed by atoms with Gasteiger partial charge in [-0.3, -0.25) is 19.7 Å². The fraction of sp³-hybridized carbons (Fsp3) is 0.212. The van der Waals surface area contributed by atoms with Crippen LogP contribution in [0.1, 0.15) is 56.2 Å². The first-order valence-electron chi connectivity index (χ1n) is 14.1. The van der Waals surface area contributed by atoms with Crippen molar-refractivity contribution in [3.63, 3.8) is 0 Å². The summed E-state index contributed by atoms with van der Waals surface area (Å²) in [4.78, 5) is 55.1. The number of halogens is 2. The zero-order valence-electron chi connectivity index (χ0n) is 24.2. The van der Waals surface area contributed by atoms with Crippen molar-refractivity contribution in [2.45, 2.75) is 46.5 Å². The molecule has 0 spiro atoms. The molecule has 0 unspecified atom stereocenters. The Morgan fingerprint density at radius 1 is 1.00 bits per heavy atom. The van der Waals surface area contributed by atoms with Gasteiger partial charge >= 0.3 is 6.03 Å². The molecule has 1 aliphatic carbocycles. The summed E-state index contributed by atoms with van der Waals surface area (Å²) in [5.74, 6) is -1.81. The van der Waals surface area contributed by atoms with Crippen LogP contribution in [-0.4, -0.2) is 28.3 Å². The fourth-order valence-corrected chi connectivity index (χ4v) is 7.59. The van der Waals surface area contributed by atoms with Crippen LogP contribution in [-0.2, 0) is 22.4 Å². The number of aromatic nitrogens is 1. The molecule has 1 fully saturated rings. The third kappa shape index (κ3) is 5.25. The van der Waals surface area contributed by atoms with Crippen LogP contribution in [0.4, 0.5) is 16.2 Å². The van der Waals surface area contributed by atoms with Crippen molar-refractivity contribution in [2.75, 3.05) is 10.2 Å². The Morgan fingerprint density at radius 2 is 1.73 bits per heavy atom. The zero-order valence-corrected chi connectivity index (χ0v) is 26.5. The number of nitrogens with zero attached hydrogens (tertiary/aromatic N) is 2. The SMILES string of the molecule is Cc1ccc(NC(=O)c2c(-n3c(C)cc(/C=C4\C(=O)NC(=O)N(c5cccc(Cl)c5Cl)C4=O)c3C)sc3c2CCCC3)cc1. The zero-order chi connectivity index (χ0) is 31.3. The Labute approximate surface area is 268 Å². The number of anilines is 2. The number of hydrogen-bond acceptors (Lipinski definition) is 5. The summed E-state index contributed by atoms with van der Waals surface area (Å²) in [5.41, 5.74) is 5.54. The fourth-order valence-electron chi connectivity index (χ4n) is 5.72. The maximum Gasteiger partial charge on any atom is 0.336 e. The van der Waals surface area contributed by atoms with E-state index in [0.717, 1.165) is 63.8 Å². The van der Waals surface area contributed by atoms with Gasteiger partial charge in [0.2, 0.25) is 0 Å². The minimum Gasteiger partial charge on any atom is -0.322 e. The predicted octanol–water partition coefficient (Wildman–Crippen LogP) is 7.57. The Kier molecular flexibility index (Phi) is 7.96. The van der Waals surface area contributed by atoms with Gasteiger partial charge < -0.3 is 9.88 Å². The lowest BCUT2D eigenvalue weighted by Crippen LogP contribution is -2.54. The van der Waals surface area contributed by atoms with Gasteiger partial charge in [-0.2, -0.15) is 0 Å². The number of nitrogens with one attached hydrogen (secondary N) is 2. The van der Waals surface area contributed by atoms with Crippen molar-refractivity contribution < 1.29 is 19.2 Å². The molecule has 1 aliphatic heterocycles. The van der Waals surface area contributed by atoms with Gasteiger partial charge in [0, 0.05) is 22.0 Å². The summed E-state index contributed by atoms with van der Waals surface area (Å²) in [5, 5.41) is 6.28. The molecule has 0 radical (unpaired) electrons. The summed E-state index contributed by atoms with van der Waals surface area (Å²) in [6, 6.07) is 13.2. The van der Waals surface area contributed by atoms with Gasteiger partial charge in [-0.05, 0) is 94.0 Å². The standard InChI is InChI=1S/C33H28Cl2N4O4S/c1-17-11-13-21(14-12-17)36-30(41)27-22-7-4-5-10-26(22)44-32(27)38-18(2)15-20(19(38)3)16-23-29(40)37-33(43)39(31(23)42)25-9-6-8-24(34)28(25)35/h6,8-9,11-16H,4-5,7,10H2,1-3H3,(H,36,41)(H,37,40,43)/b23-16+. The van der Waals surface area contributed by atoms with Gasteiger partial charge in [0.25, 0.3) is 17.7 Å². The Balaban J connectivity index is 1.42. The Hall–Kier alpha value is -4.18. The summed E-state index contributed by atoms with van der Waals surface area (Å²) >= 11 is 14.0. The number of hydrogen-bond donors (Lipinski definition) is 2. The van der Waals surface area contributed by atoms with E-state index in [9.17, 15) is 19.2 Å². The number of rotatable bonds is 5. The molecule has 2 aromatic heterocycles. The van der Waals surface area contributed by atoms with Crippen LogP contribution in [0, 0.1) is 20.8 Å². The number of carbonyl (C=O) groups is 4. The van der Waals surface area contributed by atoms with E-state index >= 15 is 0 Å². The topological polar surface area (TPSA) is 101 Å². The smallest absolute Gasteiger partial charge is 0.322 e. The monoisotopic (exact) mass is 646 g/mol. The third-order valence-electron chi connectivity index (χ3n) is 7.94. The molecular formula is C33H28Cl2N4O4S. The van der Waals surface area contributed by atoms with E-state index in [1.54, 1.807) is 17.4 Å². The number of thiophene rings is 1. The maximum absolute atomic E-state index is 13.8. The molecule has 2 aliphatic rings. The maximum atomic E-state index is 13.8. The molecule has 2 aromatic carbocycles. The average molecular weight is 648 g/mol. The van der Waals surface area contributed by atoms with Crippen LogP contribution in [0.5, 0.6) is 0 Å². The summed E-state index contributed by atoms with van der Waals surface area (Å²) in [6.07, 6.45) is 5.27. The minimum absolute atomic E-state index is 0.0163. The third-order valence-corrected chi connectivity index (χ3v) is 10.0. The molecule has 224 valence electrons. The largest absolute Gasteiger partial charge is 0.336 e. The second-order valence-corrected chi connectivity index (χ2v) is 12.8. The molecule has 44 heavy (non-hydrogen) atoms. The number of urea groups is 1. The van der Waals surface area contributed by atoms with E-state index in [0.29, 0.717) is 11.1 Å². The van der Waals surface area contributed by atoms with Crippen molar-refractivity contribution >= 4 is 75.7 Å². The van der Waals surface area contributed by atoms with Crippen molar-refractivity contribution in [3.8, 4) is 5.00 Å². The van der Waals surface area contributed by atoms with E-state index in [1.165, 1.54) is 23.1 Å². The van der Waals surface area contributed by atoms with Crippen LogP contribution < -0.4 is 15.5 Å². The second kappa shape index (κ2) is 11.7. The molecule has 8 nitrogen and oxygen atoms in total. The molecular weight excluding hydrogens is 619 g/mol. The van der Waals surface area contributed by atoms with Crippen LogP contribution >= 0.6 is 34.5 Å². The number of fused-ring (bicyclic) bond motifs is 1. The van der Waals surface area contributed by atoms with Crippen LogP contribution in [0.25, 0.3) is 11.1 Å². The van der Waals surface area contributed by atoms with Crippen LogP contribution in [0.15, 0.2) is 54.1 Å². The van der Waals surface area contributed by atoms with Gasteiger partial charge in [0.05, 0.1) is 21.3 Å². The second-order valence-electron chi connectivity index (χ2n) is 10.9. The molecule has 0 bridgehead atoms. The lowest BCUT2D eigenvalue weighted by Gasteiger charge is -2.27. The number of amides is 5. The average Bonchev–Trinajstić information content (AvgIpc) is 3.50. The summed E-state index contributed by atoms with van der Waals surface area (Å²) in [6.45, 7) is 5.79. The van der Waals surface area contributed by atoms with Gasteiger partial charge in [-0.1, -0.05) is 47.0 Å². The van der Waals surface area contributed by atoms with Crippen molar-refractivity contribution in [3.05, 3.63) is 103 Å². The number of barbiturate groups is 1. The van der Waals surface area contributed by atoms with Gasteiger partial charge in [0.15, 0.2) is 0 Å². The highest BCUT2D eigenvalue weighted by Crippen LogP contribution is 2.40. The molecule has 3 heterocycles. The number of aryl methyl sites for hydroxylation is 3. The summed E-state index contributed by atoms with van der Waals surface area (Å²) in [7, 11) is 0. The highest BCUT2D eigenvalue weighted by atomic mass is 35.5. The highest BCUT2D eigenvalue weighted by Gasteiger charge is 2.38. The molecule has 0 atom stereocenters. The van der Waals surface area contributed by atoms with Crippen molar-refractivity contribution in [2.24, 2.45) is 0 Å². The lowest BCUT2D eigenvalue weighted by molar-refractivity contribution is -0.122. The van der Waals surface area contributed by atoms with Gasteiger partial charge in [0.1, 0.15) is 10.6 Å². The normalized spacial score (nSPS) is 15.9. The number of imide groups is 2. The van der Waals surface area contributed by atoms with Crippen molar-refractivity contribution in [1.29, 1.82) is 0 Å². The molecule has 2 N–H and O–H groups in total. The van der Waals surface area contributed by atoms with Crippen LogP contribution in [0.2, 0.25) is 10.0 Å². The first-order valence-corrected chi connectivity index (χ1v) is 15.7. The number of carbonyl (C=O) groups excluding carboxylic acids is 4. The first-order chi connectivity index (χ1) is 21.0. The lowest BCUT2D eigenvalue weighted by atomic mass is 9.95. The Bertz CT molecular complexity index is 1910. The highest BCUT2D eigenvalue weighted by molar-refractivity contribution is 7.15. The van der Waals surface area contributed by atoms with E-state index in [-0.39, 0.29) is 27.2 Å². The quantitative estimate of drug-likeness (QED) is 0.172. The van der Waals surface area contributed by atoms with E-state index in [2.05, 4.69) is 10.6 Å². The molecule has 0 saturated carbocycles. The number of benzene rings is 2. The summed E-state index contributed by atoms with van der Waals surface area (Å²) < 4.78 is 2.00. The minimum atomic E-state index is -0.916. The van der Waals surface area contributed by atoms with E-state index < -0.39 is 17.8 Å². The van der Waals surface area contributed by atoms with Gasteiger partial charge in [-0.15, -0.1) is 11.3 Å². The predicted molar refractivity (Wildman–Crippen MR) is 174 cm³/mol. The Morgan fingerprint density at radius 3 is 2.48 bits per heavy atom. The van der Waals surface area contributed by atoms with Crippen LogP contribution in [0.3, 0.4) is 0 Å². The van der Waals surface area contributed by atoms with E-state index in [4.69, 9.17) is 23.2 Å². The first kappa shape index (κ1) is 29.9. The molecule has 4 aromatic rings. The molecule has 6 rings (SSSR count).